The van der Waals surface area contributed by atoms with Crippen LogP contribution in [0.3, 0.4) is 0 Å². The highest BCUT2D eigenvalue weighted by molar-refractivity contribution is 9.10. The smallest absolute Gasteiger partial charge is 0.328 e. The summed E-state index contributed by atoms with van der Waals surface area (Å²) in [6, 6.07) is 5.60. The number of fused-ring (bicyclic) bond motifs is 1. The van der Waals surface area contributed by atoms with Crippen molar-refractivity contribution in [1.29, 1.82) is 0 Å². The van der Waals surface area contributed by atoms with Gasteiger partial charge in [-0.05, 0) is 36.6 Å². The summed E-state index contributed by atoms with van der Waals surface area (Å²) in [6.45, 7) is 0.548. The summed E-state index contributed by atoms with van der Waals surface area (Å²) in [5.74, 6) is -3.12. The van der Waals surface area contributed by atoms with Gasteiger partial charge in [0.25, 0.3) is 5.91 Å². The lowest BCUT2D eigenvalue weighted by atomic mass is 9.97. The molecule has 8 heteroatoms. The van der Waals surface area contributed by atoms with Crippen LogP contribution in [0.5, 0.6) is 5.75 Å². The van der Waals surface area contributed by atoms with Gasteiger partial charge in [0.05, 0.1) is 13.7 Å². The van der Waals surface area contributed by atoms with Crippen molar-refractivity contribution in [3.8, 4) is 5.75 Å². The molecule has 5 nitrogen and oxygen atoms in total. The van der Waals surface area contributed by atoms with Crippen LogP contribution in [0.1, 0.15) is 27.9 Å². The maximum absolute atomic E-state index is 13.9. The second kappa shape index (κ2) is 8.68. The fraction of sp³-hybridized carbons (Fsp3) is 0.300. The van der Waals surface area contributed by atoms with Crippen LogP contribution in [0.25, 0.3) is 0 Å². The van der Waals surface area contributed by atoms with E-state index < -0.39 is 35.1 Å². The van der Waals surface area contributed by atoms with Crippen LogP contribution in [0, 0.1) is 11.6 Å². The van der Waals surface area contributed by atoms with Crippen molar-refractivity contribution >= 4 is 27.8 Å². The molecule has 1 aliphatic rings. The van der Waals surface area contributed by atoms with Gasteiger partial charge in [-0.2, -0.15) is 0 Å². The third-order valence-corrected chi connectivity index (χ3v) is 5.25. The Morgan fingerprint density at radius 2 is 1.96 bits per heavy atom. The lowest BCUT2D eigenvalue weighted by Gasteiger charge is -2.24. The topological polar surface area (TPSA) is 64.6 Å². The molecule has 148 valence electrons. The van der Waals surface area contributed by atoms with Crippen molar-refractivity contribution in [3.63, 3.8) is 0 Å². The number of amides is 1. The molecule has 0 saturated carbocycles. The highest BCUT2D eigenvalue weighted by Crippen LogP contribution is 2.35. The van der Waals surface area contributed by atoms with Gasteiger partial charge in [0, 0.05) is 16.5 Å². The molecule has 1 aliphatic heterocycles. The van der Waals surface area contributed by atoms with E-state index in [1.807, 2.05) is 6.07 Å². The summed E-state index contributed by atoms with van der Waals surface area (Å²) in [7, 11) is 1.18. The third-order valence-electron chi connectivity index (χ3n) is 4.51. The first kappa shape index (κ1) is 20.3. The molecule has 1 atom stereocenters. The number of ether oxygens (including phenoxy) is 2. The Morgan fingerprint density at radius 1 is 1.25 bits per heavy atom. The summed E-state index contributed by atoms with van der Waals surface area (Å²) >= 11 is 3.49. The van der Waals surface area contributed by atoms with E-state index in [1.54, 1.807) is 6.07 Å². The van der Waals surface area contributed by atoms with Gasteiger partial charge in [0.2, 0.25) is 0 Å². The Bertz CT molecular complexity index is 899. The minimum atomic E-state index is -1.13. The zero-order valence-corrected chi connectivity index (χ0v) is 16.6. The van der Waals surface area contributed by atoms with Crippen LogP contribution in [-0.2, 0) is 22.4 Å². The SMILES string of the molecule is COC(=O)[C@H](Cc1ccc(Br)c2c1OCCC2)NC(=O)c1c(F)cccc1F. The van der Waals surface area contributed by atoms with Gasteiger partial charge in [-0.15, -0.1) is 0 Å². The van der Waals surface area contributed by atoms with Crippen molar-refractivity contribution in [3.05, 3.63) is 63.1 Å². The Kier molecular flexibility index (Phi) is 6.28. The molecule has 0 saturated heterocycles. The predicted octanol–water partition coefficient (Wildman–Crippen LogP) is 3.57. The molecule has 0 aromatic heterocycles. The molecular formula is C20H18BrF2NO4. The number of benzene rings is 2. The molecular weight excluding hydrogens is 436 g/mol. The fourth-order valence-electron chi connectivity index (χ4n) is 3.15. The number of hydrogen-bond donors (Lipinski definition) is 1. The van der Waals surface area contributed by atoms with Crippen molar-refractivity contribution in [2.24, 2.45) is 0 Å². The van der Waals surface area contributed by atoms with Gasteiger partial charge in [0.15, 0.2) is 0 Å². The molecule has 28 heavy (non-hydrogen) atoms. The lowest BCUT2D eigenvalue weighted by Crippen LogP contribution is -2.43. The van der Waals surface area contributed by atoms with Crippen LogP contribution in [0.15, 0.2) is 34.8 Å². The first-order valence-corrected chi connectivity index (χ1v) is 9.47. The monoisotopic (exact) mass is 453 g/mol. The molecule has 1 amide bonds. The van der Waals surface area contributed by atoms with E-state index in [-0.39, 0.29) is 6.42 Å². The van der Waals surface area contributed by atoms with Crippen molar-refractivity contribution in [1.82, 2.24) is 5.32 Å². The first-order chi connectivity index (χ1) is 13.4. The Hall–Kier alpha value is -2.48. The second-order valence-corrected chi connectivity index (χ2v) is 7.17. The largest absolute Gasteiger partial charge is 0.493 e. The molecule has 3 rings (SSSR count). The van der Waals surface area contributed by atoms with E-state index in [2.05, 4.69) is 21.2 Å². The highest BCUT2D eigenvalue weighted by Gasteiger charge is 2.28. The molecule has 2 aromatic rings. The quantitative estimate of drug-likeness (QED) is 0.702. The van der Waals surface area contributed by atoms with Gasteiger partial charge in [-0.3, -0.25) is 4.79 Å². The number of halogens is 3. The number of methoxy groups -OCH3 is 1. The standard InChI is InChI=1S/C20H18BrF2NO4/c1-27-20(26)16(24-19(25)17-14(22)5-2-6-15(17)23)10-11-7-8-13(21)12-4-3-9-28-18(11)12/h2,5-8,16H,3-4,9-10H2,1H3,(H,24,25)/t16-/m0/s1. The molecule has 0 bridgehead atoms. The van der Waals surface area contributed by atoms with Gasteiger partial charge in [-0.1, -0.05) is 28.1 Å². The Balaban J connectivity index is 1.88. The number of nitrogens with one attached hydrogen (secondary N) is 1. The Labute approximate surface area is 169 Å². The minimum Gasteiger partial charge on any atom is -0.493 e. The number of hydrogen-bond acceptors (Lipinski definition) is 4. The van der Waals surface area contributed by atoms with Crippen molar-refractivity contribution < 1.29 is 27.8 Å². The van der Waals surface area contributed by atoms with E-state index in [4.69, 9.17) is 9.47 Å². The zero-order chi connectivity index (χ0) is 20.3. The average molecular weight is 454 g/mol. The van der Waals surface area contributed by atoms with Crippen LogP contribution in [-0.4, -0.2) is 31.6 Å². The molecule has 0 unspecified atom stereocenters. The summed E-state index contributed by atoms with van der Waals surface area (Å²) in [4.78, 5) is 24.6. The molecule has 0 fully saturated rings. The molecule has 2 aromatic carbocycles. The molecule has 0 aliphatic carbocycles. The number of carbonyl (C=O) groups excluding carboxylic acids is 2. The number of rotatable bonds is 5. The minimum absolute atomic E-state index is 0.0596. The summed E-state index contributed by atoms with van der Waals surface area (Å²) in [6.07, 6.45) is 1.75. The summed E-state index contributed by atoms with van der Waals surface area (Å²) in [5.41, 5.74) is 0.937. The van der Waals surface area contributed by atoms with Gasteiger partial charge in [0.1, 0.15) is 29.0 Å². The maximum Gasteiger partial charge on any atom is 0.328 e. The molecule has 1 heterocycles. The van der Waals surface area contributed by atoms with Crippen molar-refractivity contribution in [2.45, 2.75) is 25.3 Å². The summed E-state index contributed by atoms with van der Waals surface area (Å²) in [5, 5.41) is 2.37. The second-order valence-electron chi connectivity index (χ2n) is 6.32. The molecule has 0 spiro atoms. The lowest BCUT2D eigenvalue weighted by molar-refractivity contribution is -0.142. The number of carbonyl (C=O) groups is 2. The van der Waals surface area contributed by atoms with E-state index in [9.17, 15) is 18.4 Å². The van der Waals surface area contributed by atoms with Gasteiger partial charge < -0.3 is 14.8 Å². The average Bonchev–Trinajstić information content (AvgIpc) is 2.69. The molecule has 1 N–H and O–H groups in total. The Morgan fingerprint density at radius 3 is 2.64 bits per heavy atom. The summed E-state index contributed by atoms with van der Waals surface area (Å²) < 4.78 is 39.2. The van der Waals surface area contributed by atoms with Crippen molar-refractivity contribution in [2.75, 3.05) is 13.7 Å². The molecule has 0 radical (unpaired) electrons. The van der Waals surface area contributed by atoms with E-state index >= 15 is 0 Å². The normalized spacial score (nSPS) is 13.9. The van der Waals surface area contributed by atoms with E-state index in [1.165, 1.54) is 7.11 Å². The van der Waals surface area contributed by atoms with E-state index in [0.717, 1.165) is 41.1 Å². The van der Waals surface area contributed by atoms with Gasteiger partial charge in [-0.25, -0.2) is 13.6 Å². The maximum atomic E-state index is 13.9. The van der Waals surface area contributed by atoms with E-state index in [0.29, 0.717) is 17.9 Å². The first-order valence-electron chi connectivity index (χ1n) is 8.68. The van der Waals surface area contributed by atoms with Crippen LogP contribution >= 0.6 is 15.9 Å². The third kappa shape index (κ3) is 4.16. The predicted molar refractivity (Wildman–Crippen MR) is 101 cm³/mol. The fourth-order valence-corrected chi connectivity index (χ4v) is 3.66. The van der Waals surface area contributed by atoms with Crippen LogP contribution in [0.4, 0.5) is 8.78 Å². The number of esters is 1. The van der Waals surface area contributed by atoms with Gasteiger partial charge >= 0.3 is 5.97 Å². The zero-order valence-electron chi connectivity index (χ0n) is 15.1. The highest BCUT2D eigenvalue weighted by atomic mass is 79.9. The van der Waals surface area contributed by atoms with Crippen LogP contribution < -0.4 is 10.1 Å². The van der Waals surface area contributed by atoms with Crippen LogP contribution in [0.2, 0.25) is 0 Å².